The molecule has 0 spiro atoms. The number of carbonyl (C=O) groups is 2. The Balaban J connectivity index is 1.38. The summed E-state index contributed by atoms with van der Waals surface area (Å²) in [7, 11) is 0. The minimum atomic E-state index is -0.354. The molecule has 11 heteroatoms. The molecule has 1 aliphatic heterocycles. The van der Waals surface area contributed by atoms with Crippen LogP contribution in [-0.2, 0) is 4.74 Å². The van der Waals surface area contributed by atoms with E-state index in [4.69, 9.17) is 16.3 Å². The number of aromatic nitrogens is 4. The Kier molecular flexibility index (Phi) is 6.90. The van der Waals surface area contributed by atoms with Crippen molar-refractivity contribution in [3.05, 3.63) is 77.0 Å². The standard InChI is InChI=1S/C25H23ClN6O4/c26-20-9-14(25(35)32-15-5-7-27-8-6-15)1-4-18(20)22(34)19-10-28-23-21(19)24(30-13-29-23)31-16-2-3-17(11-33)36-12-16/h1,4-10,13,16-17,33H,2-3,11-12H2,(H,27,32,35)(H2,28,29,30,31)/t16-,17-/m1/s1. The van der Waals surface area contributed by atoms with Gasteiger partial charge >= 0.3 is 0 Å². The fourth-order valence-electron chi connectivity index (χ4n) is 4.13. The maximum atomic E-state index is 13.5. The van der Waals surface area contributed by atoms with Crippen LogP contribution in [0.2, 0.25) is 5.02 Å². The van der Waals surface area contributed by atoms with Gasteiger partial charge in [0.2, 0.25) is 0 Å². The number of H-pyrrole nitrogens is 1. The SMILES string of the molecule is O=C(Nc1ccncc1)c1ccc(C(=O)c2c[nH]c3ncnc(N[C@@H]4CC[C@H](CO)OC4)c23)c(Cl)c1. The van der Waals surface area contributed by atoms with Crippen molar-refractivity contribution >= 4 is 45.8 Å². The predicted octanol–water partition coefficient (Wildman–Crippen LogP) is 3.44. The number of nitrogens with one attached hydrogen (secondary N) is 3. The summed E-state index contributed by atoms with van der Waals surface area (Å²) in [6.45, 7) is 0.408. The van der Waals surface area contributed by atoms with E-state index in [9.17, 15) is 14.7 Å². The molecule has 4 heterocycles. The van der Waals surface area contributed by atoms with E-state index in [1.807, 2.05) is 0 Å². The molecule has 4 aromatic rings. The number of aliphatic hydroxyl groups is 1. The highest BCUT2D eigenvalue weighted by molar-refractivity contribution is 6.36. The van der Waals surface area contributed by atoms with Crippen molar-refractivity contribution in [2.75, 3.05) is 23.8 Å². The summed E-state index contributed by atoms with van der Waals surface area (Å²) in [6, 6.07) is 7.87. The molecule has 0 bridgehead atoms. The third-order valence-electron chi connectivity index (χ3n) is 6.04. The molecule has 0 radical (unpaired) electrons. The number of ether oxygens (including phenoxy) is 1. The van der Waals surface area contributed by atoms with Crippen LogP contribution >= 0.6 is 11.6 Å². The summed E-state index contributed by atoms with van der Waals surface area (Å²) in [6.07, 6.45) is 7.49. The molecular weight excluding hydrogens is 484 g/mol. The quantitative estimate of drug-likeness (QED) is 0.279. The number of hydrogen-bond donors (Lipinski definition) is 4. The van der Waals surface area contributed by atoms with E-state index in [1.54, 1.807) is 36.8 Å². The minimum Gasteiger partial charge on any atom is -0.394 e. The third-order valence-corrected chi connectivity index (χ3v) is 6.36. The van der Waals surface area contributed by atoms with Gasteiger partial charge in [0.25, 0.3) is 5.91 Å². The fraction of sp³-hybridized carbons (Fsp3) is 0.240. The van der Waals surface area contributed by atoms with E-state index in [2.05, 4.69) is 30.6 Å². The molecule has 10 nitrogen and oxygen atoms in total. The minimum absolute atomic E-state index is 0.00806. The highest BCUT2D eigenvalue weighted by Gasteiger charge is 2.25. The van der Waals surface area contributed by atoms with E-state index in [1.165, 1.54) is 18.5 Å². The molecule has 1 aliphatic rings. The van der Waals surface area contributed by atoms with Crippen molar-refractivity contribution < 1.29 is 19.4 Å². The number of aliphatic hydroxyl groups excluding tert-OH is 1. The van der Waals surface area contributed by atoms with Crippen molar-refractivity contribution in [1.82, 2.24) is 19.9 Å². The molecule has 2 atom stereocenters. The average Bonchev–Trinajstić information content (AvgIpc) is 3.34. The lowest BCUT2D eigenvalue weighted by molar-refractivity contribution is -0.0224. The lowest BCUT2D eigenvalue weighted by Crippen LogP contribution is -2.36. The Labute approximate surface area is 211 Å². The Morgan fingerprint density at radius 2 is 1.97 bits per heavy atom. The van der Waals surface area contributed by atoms with Crippen molar-refractivity contribution in [3.8, 4) is 0 Å². The van der Waals surface area contributed by atoms with Gasteiger partial charge in [-0.15, -0.1) is 0 Å². The van der Waals surface area contributed by atoms with Gasteiger partial charge in [-0.1, -0.05) is 11.6 Å². The van der Waals surface area contributed by atoms with Crippen molar-refractivity contribution in [1.29, 1.82) is 0 Å². The lowest BCUT2D eigenvalue weighted by atomic mass is 10.0. The molecule has 0 unspecified atom stereocenters. The summed E-state index contributed by atoms with van der Waals surface area (Å²) in [5.41, 5.74) is 2.02. The molecule has 0 aliphatic carbocycles. The number of carbonyl (C=O) groups excluding carboxylic acids is 2. The lowest BCUT2D eigenvalue weighted by Gasteiger charge is -2.29. The Morgan fingerprint density at radius 3 is 2.69 bits per heavy atom. The number of amides is 1. The van der Waals surface area contributed by atoms with Gasteiger partial charge < -0.3 is 25.5 Å². The summed E-state index contributed by atoms with van der Waals surface area (Å²) >= 11 is 6.46. The number of anilines is 2. The molecule has 184 valence electrons. The average molecular weight is 507 g/mol. The number of aromatic amines is 1. The zero-order valence-electron chi connectivity index (χ0n) is 19.1. The van der Waals surface area contributed by atoms with Gasteiger partial charge in [0, 0.05) is 35.4 Å². The summed E-state index contributed by atoms with van der Waals surface area (Å²) < 4.78 is 5.65. The number of benzene rings is 1. The monoisotopic (exact) mass is 506 g/mol. The largest absolute Gasteiger partial charge is 0.394 e. The van der Waals surface area contributed by atoms with Gasteiger partial charge in [-0.25, -0.2) is 9.97 Å². The van der Waals surface area contributed by atoms with E-state index >= 15 is 0 Å². The number of rotatable bonds is 7. The van der Waals surface area contributed by atoms with Crippen LogP contribution in [0.25, 0.3) is 11.0 Å². The summed E-state index contributed by atoms with van der Waals surface area (Å²) in [5, 5.41) is 16.1. The highest BCUT2D eigenvalue weighted by Crippen LogP contribution is 2.29. The first-order valence-electron chi connectivity index (χ1n) is 11.4. The molecule has 0 saturated carbocycles. The second-order valence-electron chi connectivity index (χ2n) is 8.42. The van der Waals surface area contributed by atoms with E-state index in [0.717, 1.165) is 12.8 Å². The molecule has 1 saturated heterocycles. The van der Waals surface area contributed by atoms with Crippen LogP contribution in [0.4, 0.5) is 11.5 Å². The first-order valence-corrected chi connectivity index (χ1v) is 11.8. The number of fused-ring (bicyclic) bond motifs is 1. The molecule has 1 aromatic carbocycles. The predicted molar refractivity (Wildman–Crippen MR) is 134 cm³/mol. The second kappa shape index (κ2) is 10.4. The number of hydrogen-bond acceptors (Lipinski definition) is 8. The van der Waals surface area contributed by atoms with Gasteiger partial charge in [0.05, 0.1) is 41.3 Å². The first-order chi connectivity index (χ1) is 17.5. The van der Waals surface area contributed by atoms with Gasteiger partial charge in [0.1, 0.15) is 17.8 Å². The van der Waals surface area contributed by atoms with Gasteiger partial charge in [-0.2, -0.15) is 0 Å². The van der Waals surface area contributed by atoms with Gasteiger partial charge in [0.15, 0.2) is 5.78 Å². The first kappa shape index (κ1) is 23.9. The van der Waals surface area contributed by atoms with Crippen LogP contribution in [0.15, 0.2) is 55.2 Å². The summed E-state index contributed by atoms with van der Waals surface area (Å²) in [5.74, 6) is -0.178. The van der Waals surface area contributed by atoms with Gasteiger partial charge in [-0.3, -0.25) is 14.6 Å². The Hall–Kier alpha value is -3.86. The molecule has 3 aromatic heterocycles. The molecular formula is C25H23ClN6O4. The van der Waals surface area contributed by atoms with Crippen LogP contribution in [0.3, 0.4) is 0 Å². The van der Waals surface area contributed by atoms with E-state index < -0.39 is 0 Å². The van der Waals surface area contributed by atoms with Gasteiger partial charge in [-0.05, 0) is 43.2 Å². The van der Waals surface area contributed by atoms with Crippen molar-refractivity contribution in [2.45, 2.75) is 25.0 Å². The van der Waals surface area contributed by atoms with Crippen LogP contribution in [0.5, 0.6) is 0 Å². The maximum Gasteiger partial charge on any atom is 0.255 e. The molecule has 5 rings (SSSR count). The van der Waals surface area contributed by atoms with Crippen LogP contribution in [0.1, 0.15) is 39.1 Å². The maximum absolute atomic E-state index is 13.5. The number of halogens is 1. The Morgan fingerprint density at radius 1 is 1.14 bits per heavy atom. The second-order valence-corrected chi connectivity index (χ2v) is 8.83. The summed E-state index contributed by atoms with van der Waals surface area (Å²) in [4.78, 5) is 41.6. The zero-order valence-corrected chi connectivity index (χ0v) is 19.8. The topological polar surface area (TPSA) is 142 Å². The van der Waals surface area contributed by atoms with Crippen LogP contribution in [0, 0.1) is 0 Å². The molecule has 1 amide bonds. The van der Waals surface area contributed by atoms with Crippen LogP contribution in [-0.4, -0.2) is 62.1 Å². The highest BCUT2D eigenvalue weighted by atomic mass is 35.5. The van der Waals surface area contributed by atoms with E-state index in [0.29, 0.717) is 40.3 Å². The van der Waals surface area contributed by atoms with E-state index in [-0.39, 0.29) is 41.0 Å². The number of nitrogens with zero attached hydrogens (tertiary/aromatic N) is 3. The van der Waals surface area contributed by atoms with Crippen molar-refractivity contribution in [2.24, 2.45) is 0 Å². The third kappa shape index (κ3) is 4.92. The Bertz CT molecular complexity index is 1400. The fourth-order valence-corrected chi connectivity index (χ4v) is 4.40. The molecule has 1 fully saturated rings. The number of pyridine rings is 1. The van der Waals surface area contributed by atoms with Crippen LogP contribution < -0.4 is 10.6 Å². The molecule has 4 N–H and O–H groups in total. The number of ketones is 1. The molecule has 36 heavy (non-hydrogen) atoms. The zero-order chi connectivity index (χ0) is 25.1. The van der Waals surface area contributed by atoms with Crippen molar-refractivity contribution in [3.63, 3.8) is 0 Å². The smallest absolute Gasteiger partial charge is 0.255 e. The normalized spacial score (nSPS) is 17.6.